The molecular weight excluding hydrogens is 354 g/mol. The third-order valence-electron chi connectivity index (χ3n) is 3.97. The van der Waals surface area contributed by atoms with E-state index in [1.54, 1.807) is 6.07 Å². The zero-order chi connectivity index (χ0) is 18.9. The summed E-state index contributed by atoms with van der Waals surface area (Å²) in [5.74, 6) is -2.46. The molecule has 0 radical (unpaired) electrons. The van der Waals surface area contributed by atoms with Crippen molar-refractivity contribution in [3.05, 3.63) is 54.1 Å². The van der Waals surface area contributed by atoms with Crippen LogP contribution in [0, 0.1) is 11.7 Å². The Morgan fingerprint density at radius 3 is 2.65 bits per heavy atom. The van der Waals surface area contributed by atoms with Crippen molar-refractivity contribution in [2.24, 2.45) is 5.92 Å². The Balaban J connectivity index is 1.72. The Hall–Kier alpha value is -2.97. The van der Waals surface area contributed by atoms with E-state index in [0.29, 0.717) is 6.20 Å². The minimum Gasteiger partial charge on any atom is -0.324 e. The highest BCUT2D eigenvalue weighted by Crippen LogP contribution is 2.31. The molecule has 5 nitrogen and oxygen atoms in total. The second-order valence-corrected chi connectivity index (χ2v) is 5.81. The number of hydrogen-bond acceptors (Lipinski definition) is 3. The Labute approximate surface area is 145 Å². The Morgan fingerprint density at radius 2 is 1.96 bits per heavy atom. The molecule has 2 aromatic rings. The van der Waals surface area contributed by atoms with Crippen molar-refractivity contribution < 1.29 is 27.2 Å². The first kappa shape index (κ1) is 17.8. The van der Waals surface area contributed by atoms with Gasteiger partial charge in [-0.15, -0.1) is 0 Å². The van der Waals surface area contributed by atoms with Gasteiger partial charge in [-0.25, -0.2) is 4.39 Å². The Morgan fingerprint density at radius 1 is 1.23 bits per heavy atom. The molecule has 0 aliphatic carbocycles. The van der Waals surface area contributed by atoms with Crippen LogP contribution in [0.1, 0.15) is 12.0 Å². The second kappa shape index (κ2) is 6.74. The van der Waals surface area contributed by atoms with Crippen molar-refractivity contribution in [3.8, 4) is 0 Å². The third-order valence-corrected chi connectivity index (χ3v) is 3.97. The van der Waals surface area contributed by atoms with Gasteiger partial charge in [0.15, 0.2) is 0 Å². The van der Waals surface area contributed by atoms with Gasteiger partial charge in [-0.1, -0.05) is 12.1 Å². The van der Waals surface area contributed by atoms with Gasteiger partial charge in [0, 0.05) is 19.2 Å². The number of rotatable bonds is 3. The molecule has 3 rings (SSSR count). The average Bonchev–Trinajstić information content (AvgIpc) is 2.97. The van der Waals surface area contributed by atoms with Crippen molar-refractivity contribution in [3.63, 3.8) is 0 Å². The highest BCUT2D eigenvalue weighted by Gasteiger charge is 2.36. The number of carbonyl (C=O) groups excluding carboxylic acids is 2. The summed E-state index contributed by atoms with van der Waals surface area (Å²) in [5.41, 5.74) is -1.05. The van der Waals surface area contributed by atoms with Crippen LogP contribution in [0.25, 0.3) is 0 Å². The number of aromatic nitrogens is 1. The van der Waals surface area contributed by atoms with Gasteiger partial charge in [0.05, 0.1) is 29.1 Å². The lowest BCUT2D eigenvalue weighted by molar-refractivity contribution is -0.137. The van der Waals surface area contributed by atoms with Crippen LogP contribution in [-0.2, 0) is 15.8 Å². The molecule has 26 heavy (non-hydrogen) atoms. The number of benzene rings is 1. The standard InChI is InChI=1S/C17H13F4N3O2/c18-13-3-1-2-4-14(13)24-9-10(5-15(24)25)16(26)23-12-6-11(7-22-8-12)17(19,20)21/h1-4,6-8,10H,5,9H2,(H,23,26). The van der Waals surface area contributed by atoms with Crippen LogP contribution in [0.3, 0.4) is 0 Å². The number of nitrogens with one attached hydrogen (secondary N) is 1. The number of amides is 2. The van der Waals surface area contributed by atoms with Gasteiger partial charge in [-0.3, -0.25) is 14.6 Å². The number of nitrogens with zero attached hydrogens (tertiary/aromatic N) is 2. The maximum absolute atomic E-state index is 13.8. The van der Waals surface area contributed by atoms with Crippen LogP contribution in [0.5, 0.6) is 0 Å². The van der Waals surface area contributed by atoms with Crippen LogP contribution >= 0.6 is 0 Å². The van der Waals surface area contributed by atoms with Gasteiger partial charge in [-0.2, -0.15) is 13.2 Å². The summed E-state index contributed by atoms with van der Waals surface area (Å²) in [6, 6.07) is 6.42. The maximum Gasteiger partial charge on any atom is 0.417 e. The zero-order valence-corrected chi connectivity index (χ0v) is 13.3. The molecule has 9 heteroatoms. The van der Waals surface area contributed by atoms with E-state index in [1.807, 2.05) is 0 Å². The molecule has 1 N–H and O–H groups in total. The van der Waals surface area contributed by atoms with Gasteiger partial charge < -0.3 is 10.2 Å². The number of halogens is 4. The number of carbonyl (C=O) groups is 2. The van der Waals surface area contributed by atoms with Gasteiger partial charge >= 0.3 is 6.18 Å². The largest absolute Gasteiger partial charge is 0.417 e. The van der Waals surface area contributed by atoms with Crippen LogP contribution in [-0.4, -0.2) is 23.3 Å². The van der Waals surface area contributed by atoms with E-state index < -0.39 is 35.3 Å². The summed E-state index contributed by atoms with van der Waals surface area (Å²) in [6.07, 6.45) is -3.02. The summed E-state index contributed by atoms with van der Waals surface area (Å²) in [4.78, 5) is 29.0. The van der Waals surface area contributed by atoms with Crippen molar-refractivity contribution in [1.82, 2.24) is 4.98 Å². The highest BCUT2D eigenvalue weighted by atomic mass is 19.4. The first-order chi connectivity index (χ1) is 12.3. The fourth-order valence-electron chi connectivity index (χ4n) is 2.69. The van der Waals surface area contributed by atoms with Crippen molar-refractivity contribution in [1.29, 1.82) is 0 Å². The minimum atomic E-state index is -4.58. The molecule has 1 atom stereocenters. The molecule has 2 amide bonds. The monoisotopic (exact) mass is 367 g/mol. The number of alkyl halides is 3. The molecule has 0 bridgehead atoms. The summed E-state index contributed by atoms with van der Waals surface area (Å²) < 4.78 is 51.9. The molecule has 1 aromatic heterocycles. The van der Waals surface area contributed by atoms with Gasteiger partial charge in [0.25, 0.3) is 0 Å². The molecule has 1 aromatic carbocycles. The maximum atomic E-state index is 13.8. The van der Waals surface area contributed by atoms with E-state index in [0.717, 1.165) is 17.2 Å². The van der Waals surface area contributed by atoms with Gasteiger partial charge in [0.1, 0.15) is 5.82 Å². The summed E-state index contributed by atoms with van der Waals surface area (Å²) in [7, 11) is 0. The fourth-order valence-corrected chi connectivity index (χ4v) is 2.69. The number of hydrogen-bond donors (Lipinski definition) is 1. The van der Waals surface area contributed by atoms with Crippen LogP contribution in [0.2, 0.25) is 0 Å². The normalized spacial score (nSPS) is 17.5. The molecule has 0 saturated carbocycles. The molecule has 1 unspecified atom stereocenters. The predicted molar refractivity (Wildman–Crippen MR) is 84.7 cm³/mol. The first-order valence-corrected chi connectivity index (χ1v) is 7.63. The van der Waals surface area contributed by atoms with E-state index in [4.69, 9.17) is 0 Å². The molecule has 1 fully saturated rings. The topological polar surface area (TPSA) is 62.3 Å². The number of para-hydroxylation sites is 1. The predicted octanol–water partition coefficient (Wildman–Crippen LogP) is 3.23. The van der Waals surface area contributed by atoms with Crippen LogP contribution in [0.15, 0.2) is 42.7 Å². The lowest BCUT2D eigenvalue weighted by Gasteiger charge is -2.17. The molecule has 1 aliphatic rings. The smallest absolute Gasteiger partial charge is 0.324 e. The van der Waals surface area contributed by atoms with E-state index >= 15 is 0 Å². The van der Waals surface area contributed by atoms with E-state index in [1.165, 1.54) is 18.2 Å². The average molecular weight is 367 g/mol. The Bertz CT molecular complexity index is 854. The minimum absolute atomic E-state index is 0.0575. The number of anilines is 2. The van der Waals surface area contributed by atoms with Gasteiger partial charge in [-0.05, 0) is 18.2 Å². The third kappa shape index (κ3) is 3.66. The fraction of sp³-hybridized carbons (Fsp3) is 0.235. The molecule has 1 saturated heterocycles. The summed E-state index contributed by atoms with van der Waals surface area (Å²) >= 11 is 0. The molecule has 136 valence electrons. The second-order valence-electron chi connectivity index (χ2n) is 5.81. The van der Waals surface area contributed by atoms with E-state index in [9.17, 15) is 27.2 Å². The van der Waals surface area contributed by atoms with E-state index in [-0.39, 0.29) is 24.3 Å². The van der Waals surface area contributed by atoms with E-state index in [2.05, 4.69) is 10.3 Å². The first-order valence-electron chi connectivity index (χ1n) is 7.63. The van der Waals surface area contributed by atoms with Crippen LogP contribution in [0.4, 0.5) is 28.9 Å². The Kier molecular flexibility index (Phi) is 4.62. The zero-order valence-electron chi connectivity index (χ0n) is 13.3. The lowest BCUT2D eigenvalue weighted by atomic mass is 10.1. The van der Waals surface area contributed by atoms with Crippen molar-refractivity contribution >= 4 is 23.2 Å². The lowest BCUT2D eigenvalue weighted by Crippen LogP contribution is -2.28. The quantitative estimate of drug-likeness (QED) is 0.848. The molecule has 1 aliphatic heterocycles. The molecule has 2 heterocycles. The number of pyridine rings is 1. The SMILES string of the molecule is O=C(Nc1cncc(C(F)(F)F)c1)C1CC(=O)N(c2ccccc2F)C1. The summed E-state index contributed by atoms with van der Waals surface area (Å²) in [5, 5.41) is 2.33. The molecular formula is C17H13F4N3O2. The van der Waals surface area contributed by atoms with Crippen LogP contribution < -0.4 is 10.2 Å². The molecule has 0 spiro atoms. The summed E-state index contributed by atoms with van der Waals surface area (Å²) in [6.45, 7) is -0.0575. The van der Waals surface area contributed by atoms with Crippen molar-refractivity contribution in [2.75, 3.05) is 16.8 Å². The van der Waals surface area contributed by atoms with Gasteiger partial charge in [0.2, 0.25) is 11.8 Å². The highest BCUT2D eigenvalue weighted by molar-refractivity contribution is 6.03. The van der Waals surface area contributed by atoms with Crippen molar-refractivity contribution in [2.45, 2.75) is 12.6 Å².